The van der Waals surface area contributed by atoms with Crippen LogP contribution in [0.15, 0.2) is 75.1 Å². The average molecular weight is 513 g/mol. The van der Waals surface area contributed by atoms with Gasteiger partial charge in [-0.15, -0.1) is 0 Å². The van der Waals surface area contributed by atoms with E-state index in [1.54, 1.807) is 12.4 Å². The number of halogens is 2. The van der Waals surface area contributed by atoms with Crippen LogP contribution in [-0.2, 0) is 24.0 Å². The van der Waals surface area contributed by atoms with Crippen molar-refractivity contribution in [3.05, 3.63) is 83.3 Å². The van der Waals surface area contributed by atoms with Crippen molar-refractivity contribution in [3.63, 3.8) is 0 Å². The molecule has 3 rings (SSSR count). The fourth-order valence-corrected chi connectivity index (χ4v) is 3.21. The Balaban J connectivity index is 0.00000114. The molecule has 3 nitrogen and oxygen atoms in total. The van der Waals surface area contributed by atoms with Crippen molar-refractivity contribution >= 4 is 44.0 Å². The predicted octanol–water partition coefficient (Wildman–Crippen LogP) is 8.75. The Morgan fingerprint density at radius 3 is 1.34 bits per heavy atom. The molecule has 0 atom stereocenters. The Morgan fingerprint density at radius 2 is 1.00 bits per heavy atom. The molecule has 0 aliphatic carbocycles. The van der Waals surface area contributed by atoms with Gasteiger partial charge in [-0.2, -0.15) is 0 Å². The van der Waals surface area contributed by atoms with Crippen molar-refractivity contribution in [2.45, 2.75) is 52.4 Å². The number of nitrogens with zero attached hydrogens (tertiary/aromatic N) is 2. The molecule has 1 heterocycles. The van der Waals surface area contributed by atoms with Gasteiger partial charge in [-0.05, 0) is 46.2 Å². The number of rotatable bonds is 4. The normalized spacial score (nSPS) is 12.4. The van der Waals surface area contributed by atoms with E-state index >= 15 is 0 Å². The van der Waals surface area contributed by atoms with E-state index < -0.39 is 0 Å². The molecule has 0 amide bonds. The first-order valence-electron chi connectivity index (χ1n) is 10.3. The molecule has 32 heavy (non-hydrogen) atoms. The van der Waals surface area contributed by atoms with E-state index in [0.29, 0.717) is 11.5 Å². The number of aliphatic imine (C=N–C) groups is 2. The first kappa shape index (κ1) is 26.4. The second-order valence-corrected chi connectivity index (χ2v) is 11.2. The SMILES string of the molecule is CC(C)(C)c1ccccc1N=Cc1ccc(C=Nc2ccccc2C(C)(C)C)o1.[Cl][Fe][Cl]. The Morgan fingerprint density at radius 1 is 0.656 bits per heavy atom. The van der Waals surface area contributed by atoms with Gasteiger partial charge in [-0.25, -0.2) is 0 Å². The zero-order valence-corrected chi connectivity index (χ0v) is 22.0. The summed E-state index contributed by atoms with van der Waals surface area (Å²) in [7, 11) is 9.53. The first-order chi connectivity index (χ1) is 15.1. The van der Waals surface area contributed by atoms with Crippen molar-refractivity contribution in [2.24, 2.45) is 9.98 Å². The van der Waals surface area contributed by atoms with Gasteiger partial charge in [0.05, 0.1) is 23.8 Å². The van der Waals surface area contributed by atoms with Gasteiger partial charge in [-0.1, -0.05) is 77.9 Å². The van der Waals surface area contributed by atoms with Crippen LogP contribution in [-0.4, -0.2) is 12.4 Å². The fourth-order valence-electron chi connectivity index (χ4n) is 3.21. The summed E-state index contributed by atoms with van der Waals surface area (Å²) < 4.78 is 5.88. The molecule has 3 aromatic rings. The van der Waals surface area contributed by atoms with Crippen molar-refractivity contribution in [3.8, 4) is 0 Å². The third kappa shape index (κ3) is 7.94. The molecule has 0 bridgehead atoms. The number of hydrogen-bond acceptors (Lipinski definition) is 3. The second-order valence-electron chi connectivity index (χ2n) is 9.34. The zero-order chi connectivity index (χ0) is 23.8. The third-order valence-corrected chi connectivity index (χ3v) is 4.73. The van der Waals surface area contributed by atoms with Crippen LogP contribution in [0.5, 0.6) is 0 Å². The Hall–Kier alpha value is -1.84. The molecule has 0 aliphatic heterocycles. The van der Waals surface area contributed by atoms with Crippen molar-refractivity contribution in [1.29, 1.82) is 0 Å². The fraction of sp³-hybridized carbons (Fsp3) is 0.308. The van der Waals surface area contributed by atoms with Crippen LogP contribution in [0.3, 0.4) is 0 Å². The third-order valence-electron chi connectivity index (χ3n) is 4.73. The summed E-state index contributed by atoms with van der Waals surface area (Å²) in [5.74, 6) is 1.42. The topological polar surface area (TPSA) is 37.9 Å². The predicted molar refractivity (Wildman–Crippen MR) is 135 cm³/mol. The molecule has 2 aromatic carbocycles. The average Bonchev–Trinajstić information content (AvgIpc) is 3.18. The molecule has 172 valence electrons. The van der Waals surface area contributed by atoms with Crippen LogP contribution >= 0.6 is 20.2 Å². The van der Waals surface area contributed by atoms with E-state index in [1.807, 2.05) is 36.4 Å². The molecule has 0 saturated carbocycles. The van der Waals surface area contributed by atoms with Crippen LogP contribution < -0.4 is 0 Å². The van der Waals surface area contributed by atoms with Gasteiger partial charge in [-0.3, -0.25) is 9.98 Å². The Kier molecular flexibility index (Phi) is 9.79. The van der Waals surface area contributed by atoms with E-state index in [9.17, 15) is 0 Å². The van der Waals surface area contributed by atoms with E-state index in [1.165, 1.54) is 11.1 Å². The molecule has 0 aliphatic rings. The minimum atomic E-state index is 0.0371. The Bertz CT molecular complexity index is 978. The van der Waals surface area contributed by atoms with Crippen molar-refractivity contribution in [2.75, 3.05) is 0 Å². The molecular weight excluding hydrogens is 483 g/mol. The summed E-state index contributed by atoms with van der Waals surface area (Å²) in [5.41, 5.74) is 4.42. The maximum absolute atomic E-state index is 5.88. The van der Waals surface area contributed by atoms with E-state index in [4.69, 9.17) is 24.6 Å². The van der Waals surface area contributed by atoms with Gasteiger partial charge in [0.1, 0.15) is 11.5 Å². The molecule has 0 spiro atoms. The van der Waals surface area contributed by atoms with Gasteiger partial charge >= 0.3 is 33.3 Å². The minimum absolute atomic E-state index is 0.0371. The summed E-state index contributed by atoms with van der Waals surface area (Å²) in [5, 5.41) is 0. The Labute approximate surface area is 206 Å². The van der Waals surface area contributed by atoms with Crippen LogP contribution in [0.2, 0.25) is 0 Å². The summed E-state index contributed by atoms with van der Waals surface area (Å²) in [4.78, 5) is 9.32. The standard InChI is InChI=1S/C26H30N2O.2ClH.Fe/c1-25(2,3)21-11-7-9-13-23(21)27-17-19-15-16-20(29-19)18-28-24-14-10-8-12-22(24)26(4,5)6;;;/h7-18H,1-6H3;2*1H;/q;;;+2/p-2. The number of hydrogen-bond donors (Lipinski definition) is 0. The van der Waals surface area contributed by atoms with Gasteiger partial charge in [0.15, 0.2) is 0 Å². The first-order valence-corrected chi connectivity index (χ1v) is 13.3. The van der Waals surface area contributed by atoms with Crippen LogP contribution in [0.4, 0.5) is 11.4 Å². The molecule has 0 N–H and O–H groups in total. The van der Waals surface area contributed by atoms with Crippen LogP contribution in [0.1, 0.15) is 64.2 Å². The van der Waals surface area contributed by atoms with Gasteiger partial charge in [0, 0.05) is 0 Å². The molecule has 0 fully saturated rings. The summed E-state index contributed by atoms with van der Waals surface area (Å²) >= 11 is 0.194. The van der Waals surface area contributed by atoms with E-state index in [-0.39, 0.29) is 24.0 Å². The number of benzene rings is 2. The molecule has 0 unspecified atom stereocenters. The van der Waals surface area contributed by atoms with Crippen molar-refractivity contribution < 1.29 is 17.6 Å². The molecular formula is C26H30Cl2FeN2O. The van der Waals surface area contributed by atoms with E-state index in [0.717, 1.165) is 11.4 Å². The molecule has 1 aromatic heterocycles. The van der Waals surface area contributed by atoms with E-state index in [2.05, 4.69) is 75.8 Å². The van der Waals surface area contributed by atoms with Gasteiger partial charge in [0.2, 0.25) is 0 Å². The number of para-hydroxylation sites is 2. The molecule has 0 saturated heterocycles. The van der Waals surface area contributed by atoms with Gasteiger partial charge in [0.25, 0.3) is 0 Å². The summed E-state index contributed by atoms with van der Waals surface area (Å²) in [6.07, 6.45) is 3.54. The summed E-state index contributed by atoms with van der Waals surface area (Å²) in [6.45, 7) is 13.2. The monoisotopic (exact) mass is 512 g/mol. The quantitative estimate of drug-likeness (QED) is 0.254. The summed E-state index contributed by atoms with van der Waals surface area (Å²) in [6, 6.07) is 20.3. The van der Waals surface area contributed by atoms with Crippen molar-refractivity contribution in [1.82, 2.24) is 0 Å². The molecule has 0 radical (unpaired) electrons. The second kappa shape index (κ2) is 11.9. The van der Waals surface area contributed by atoms with Crippen LogP contribution in [0, 0.1) is 0 Å². The maximum atomic E-state index is 5.88. The van der Waals surface area contributed by atoms with Crippen LogP contribution in [0.25, 0.3) is 0 Å². The number of furan rings is 1. The molecule has 6 heteroatoms. The zero-order valence-electron chi connectivity index (χ0n) is 19.3. The van der Waals surface area contributed by atoms with Gasteiger partial charge < -0.3 is 4.42 Å².